The lowest BCUT2D eigenvalue weighted by atomic mass is 9.92. The summed E-state index contributed by atoms with van der Waals surface area (Å²) in [7, 11) is 0. The van der Waals surface area contributed by atoms with Crippen LogP contribution in [0.2, 0.25) is 0 Å². The number of nitrogens with one attached hydrogen (secondary N) is 3. The third kappa shape index (κ3) is 6.91. The van der Waals surface area contributed by atoms with Gasteiger partial charge in [0.2, 0.25) is 5.95 Å². The Bertz CT molecular complexity index is 1560. The van der Waals surface area contributed by atoms with E-state index in [1.54, 1.807) is 42.5 Å². The first-order chi connectivity index (χ1) is 18.7. The van der Waals surface area contributed by atoms with E-state index >= 15 is 0 Å². The lowest BCUT2D eigenvalue weighted by Crippen LogP contribution is -2.43. The molecule has 1 unspecified atom stereocenters. The summed E-state index contributed by atoms with van der Waals surface area (Å²) in [4.78, 5) is 62.9. The number of hydrogen-bond donors (Lipinski definition) is 6. The number of H-pyrrole nitrogens is 1. The molecule has 200 valence electrons. The van der Waals surface area contributed by atoms with Gasteiger partial charge in [0, 0.05) is 11.3 Å². The molecule has 4 aromatic rings. The number of aromatic amines is 1. The van der Waals surface area contributed by atoms with E-state index < -0.39 is 35.4 Å². The average molecular weight is 532 g/mol. The molecule has 0 radical (unpaired) electrons. The smallest absolute Gasteiger partial charge is 0.326 e. The summed E-state index contributed by atoms with van der Waals surface area (Å²) in [5.41, 5.74) is 7.23. The average Bonchev–Trinajstić information content (AvgIpc) is 2.91. The lowest BCUT2D eigenvalue weighted by molar-refractivity contribution is -0.144. The largest absolute Gasteiger partial charge is 0.481 e. The van der Waals surface area contributed by atoms with E-state index in [0.29, 0.717) is 11.4 Å². The van der Waals surface area contributed by atoms with Crippen LogP contribution in [0.5, 0.6) is 0 Å². The van der Waals surface area contributed by atoms with Crippen LogP contribution in [0.4, 0.5) is 11.6 Å². The monoisotopic (exact) mass is 531 g/mol. The summed E-state index contributed by atoms with van der Waals surface area (Å²) in [6, 6.07) is 13.7. The molecule has 2 aromatic heterocycles. The van der Waals surface area contributed by atoms with Crippen LogP contribution in [0.3, 0.4) is 0 Å². The van der Waals surface area contributed by atoms with E-state index in [9.17, 15) is 29.4 Å². The van der Waals surface area contributed by atoms with Gasteiger partial charge in [-0.1, -0.05) is 30.3 Å². The number of hydrogen-bond acceptors (Lipinski definition) is 9. The summed E-state index contributed by atoms with van der Waals surface area (Å²) in [5.74, 6) is -4.17. The number of amides is 1. The molecule has 13 heteroatoms. The van der Waals surface area contributed by atoms with Crippen molar-refractivity contribution in [2.45, 2.75) is 25.4 Å². The van der Waals surface area contributed by atoms with Crippen molar-refractivity contribution in [3.05, 3.63) is 88.0 Å². The number of carboxylic acids is 2. The van der Waals surface area contributed by atoms with Crippen LogP contribution in [0.25, 0.3) is 11.2 Å². The Morgan fingerprint density at radius 2 is 1.69 bits per heavy atom. The molecule has 13 nitrogen and oxygen atoms in total. The number of fused-ring (bicyclic) bond motifs is 1. The summed E-state index contributed by atoms with van der Waals surface area (Å²) < 4.78 is 0. The summed E-state index contributed by atoms with van der Waals surface area (Å²) in [5, 5.41) is 24.7. The van der Waals surface area contributed by atoms with Gasteiger partial charge in [0.1, 0.15) is 6.04 Å². The molecule has 2 atom stereocenters. The molecule has 2 aromatic carbocycles. The van der Waals surface area contributed by atoms with Gasteiger partial charge in [-0.05, 0) is 42.7 Å². The zero-order valence-electron chi connectivity index (χ0n) is 20.5. The van der Waals surface area contributed by atoms with Crippen LogP contribution in [-0.2, 0) is 22.6 Å². The first-order valence-corrected chi connectivity index (χ1v) is 11.9. The fraction of sp³-hybridized carbons (Fsp3) is 0.192. The van der Waals surface area contributed by atoms with Gasteiger partial charge < -0.3 is 26.6 Å². The van der Waals surface area contributed by atoms with Gasteiger partial charge in [-0.2, -0.15) is 4.98 Å². The van der Waals surface area contributed by atoms with Gasteiger partial charge in [-0.15, -0.1) is 0 Å². The highest BCUT2D eigenvalue weighted by molar-refractivity contribution is 5.97. The van der Waals surface area contributed by atoms with Gasteiger partial charge in [-0.3, -0.25) is 19.4 Å². The van der Waals surface area contributed by atoms with Crippen LogP contribution in [-0.4, -0.2) is 54.0 Å². The molecule has 0 aliphatic heterocycles. The number of carboxylic acid groups (broad SMARTS) is 2. The van der Waals surface area contributed by atoms with Crippen LogP contribution in [0.1, 0.15) is 28.0 Å². The highest BCUT2D eigenvalue weighted by Crippen LogP contribution is 2.17. The number of nitrogens with zero attached hydrogens (tertiary/aromatic N) is 3. The van der Waals surface area contributed by atoms with Crippen molar-refractivity contribution in [1.82, 2.24) is 25.3 Å². The number of nitrogen functional groups attached to an aromatic ring is 1. The topological polar surface area (TPSA) is 213 Å². The molecule has 0 fully saturated rings. The van der Waals surface area contributed by atoms with Crippen molar-refractivity contribution in [1.29, 1.82) is 0 Å². The minimum absolute atomic E-state index is 0.0532. The fourth-order valence-electron chi connectivity index (χ4n) is 3.91. The summed E-state index contributed by atoms with van der Waals surface area (Å²) in [6.45, 7) is 0.220. The van der Waals surface area contributed by atoms with Gasteiger partial charge >= 0.3 is 11.9 Å². The number of carbonyl (C=O) groups is 3. The molecule has 0 aliphatic carbocycles. The molecular weight excluding hydrogens is 506 g/mol. The maximum absolute atomic E-state index is 12.7. The number of aliphatic carboxylic acids is 2. The summed E-state index contributed by atoms with van der Waals surface area (Å²) >= 11 is 0. The minimum atomic E-state index is -1.39. The van der Waals surface area contributed by atoms with E-state index in [0.717, 1.165) is 5.56 Å². The predicted octanol–water partition coefficient (Wildman–Crippen LogP) is 1.42. The van der Waals surface area contributed by atoms with Crippen LogP contribution in [0.15, 0.2) is 65.6 Å². The maximum atomic E-state index is 12.7. The molecule has 1 amide bonds. The van der Waals surface area contributed by atoms with Crippen molar-refractivity contribution in [2.24, 2.45) is 5.92 Å². The molecule has 0 bridgehead atoms. The molecule has 0 aliphatic rings. The first kappa shape index (κ1) is 26.7. The molecule has 39 heavy (non-hydrogen) atoms. The normalized spacial score (nSPS) is 12.4. The SMILES string of the molecule is Nc1nc2ncc(CNc3ccc(C(=O)N[C@@H](CC(Cc4ccccc4)C(=O)O)C(=O)O)cc3)nc2c(=O)[nH]1. The van der Waals surface area contributed by atoms with Gasteiger partial charge in [0.25, 0.3) is 11.5 Å². The second-order valence-electron chi connectivity index (χ2n) is 8.74. The molecule has 0 spiro atoms. The van der Waals surface area contributed by atoms with Crippen molar-refractivity contribution in [3.8, 4) is 0 Å². The third-order valence-corrected chi connectivity index (χ3v) is 5.90. The van der Waals surface area contributed by atoms with Gasteiger partial charge in [0.05, 0.1) is 24.4 Å². The second-order valence-corrected chi connectivity index (χ2v) is 8.74. The third-order valence-electron chi connectivity index (χ3n) is 5.90. The number of nitrogens with two attached hydrogens (primary N) is 1. The summed E-state index contributed by atoms with van der Waals surface area (Å²) in [6.07, 6.45) is 1.32. The van der Waals surface area contributed by atoms with Crippen molar-refractivity contribution in [2.75, 3.05) is 11.1 Å². The van der Waals surface area contributed by atoms with E-state index in [4.69, 9.17) is 5.73 Å². The fourth-order valence-corrected chi connectivity index (χ4v) is 3.91. The Morgan fingerprint density at radius 3 is 2.36 bits per heavy atom. The van der Waals surface area contributed by atoms with E-state index in [1.807, 2.05) is 0 Å². The number of carbonyl (C=O) groups excluding carboxylic acids is 1. The number of benzene rings is 2. The van der Waals surface area contributed by atoms with Crippen LogP contribution >= 0.6 is 0 Å². The van der Waals surface area contributed by atoms with Gasteiger partial charge in [0.15, 0.2) is 11.2 Å². The number of anilines is 2. The molecule has 0 saturated carbocycles. The first-order valence-electron chi connectivity index (χ1n) is 11.9. The predicted molar refractivity (Wildman–Crippen MR) is 141 cm³/mol. The van der Waals surface area contributed by atoms with E-state index in [2.05, 4.69) is 30.6 Å². The molecular formula is C26H25N7O6. The van der Waals surface area contributed by atoms with Crippen LogP contribution in [0, 0.1) is 5.92 Å². The van der Waals surface area contributed by atoms with Gasteiger partial charge in [-0.25, -0.2) is 14.8 Å². The quantitative estimate of drug-likeness (QED) is 0.163. The van der Waals surface area contributed by atoms with E-state index in [1.165, 1.54) is 18.3 Å². The minimum Gasteiger partial charge on any atom is -0.481 e. The number of rotatable bonds is 11. The number of aromatic nitrogens is 4. The Kier molecular flexibility index (Phi) is 8.09. The van der Waals surface area contributed by atoms with E-state index in [-0.39, 0.29) is 42.1 Å². The Labute approximate surface area is 221 Å². The Morgan fingerprint density at radius 1 is 0.974 bits per heavy atom. The van der Waals surface area contributed by atoms with Crippen molar-refractivity contribution in [3.63, 3.8) is 0 Å². The molecule has 2 heterocycles. The molecule has 4 rings (SSSR count). The van der Waals surface area contributed by atoms with Crippen molar-refractivity contribution >= 4 is 40.6 Å². The highest BCUT2D eigenvalue weighted by atomic mass is 16.4. The second kappa shape index (κ2) is 11.8. The zero-order valence-corrected chi connectivity index (χ0v) is 20.5. The maximum Gasteiger partial charge on any atom is 0.326 e. The van der Waals surface area contributed by atoms with Crippen LogP contribution < -0.4 is 21.9 Å². The standard InChI is InChI=1S/C26H25N7O6/c27-26-32-21-20(23(35)33-26)30-18(13-29-21)12-28-17-8-6-15(7-9-17)22(34)31-19(25(38)39)11-16(24(36)37)10-14-4-2-1-3-5-14/h1-9,13,16,19,28H,10-12H2,(H,31,34)(H,36,37)(H,38,39)(H3,27,29,32,33,35)/t16?,19-/m0/s1. The molecule has 7 N–H and O–H groups in total. The zero-order chi connectivity index (χ0) is 27.9. The molecule has 0 saturated heterocycles. The highest BCUT2D eigenvalue weighted by Gasteiger charge is 2.29. The Balaban J connectivity index is 1.37. The Hall–Kier alpha value is -5.33. The lowest BCUT2D eigenvalue weighted by Gasteiger charge is -2.19. The van der Waals surface area contributed by atoms with Crippen molar-refractivity contribution < 1.29 is 24.6 Å².